The summed E-state index contributed by atoms with van der Waals surface area (Å²) in [5.41, 5.74) is 0.347. The number of hydrogen-bond donors (Lipinski definition) is 2. The summed E-state index contributed by atoms with van der Waals surface area (Å²) in [5.74, 6) is 0.303. The summed E-state index contributed by atoms with van der Waals surface area (Å²) < 4.78 is 7.68. The highest BCUT2D eigenvalue weighted by Gasteiger charge is 2.12. The van der Waals surface area contributed by atoms with E-state index in [-0.39, 0.29) is 5.91 Å². The summed E-state index contributed by atoms with van der Waals surface area (Å²) in [6.07, 6.45) is 0. The van der Waals surface area contributed by atoms with Crippen LogP contribution >= 0.6 is 11.7 Å². The fourth-order valence-electron chi connectivity index (χ4n) is 0.620. The Morgan fingerprint density at radius 2 is 2.18 bits per heavy atom. The van der Waals surface area contributed by atoms with E-state index in [2.05, 4.69) is 19.4 Å². The van der Waals surface area contributed by atoms with E-state index in [1.807, 2.05) is 0 Å². The summed E-state index contributed by atoms with van der Waals surface area (Å²) in [7, 11) is 3.25. The Kier molecular flexibility index (Phi) is 2.37. The van der Waals surface area contributed by atoms with E-state index in [1.54, 1.807) is 14.1 Å². The van der Waals surface area contributed by atoms with Crippen LogP contribution in [0.25, 0.3) is 0 Å². The number of nitrogens with one attached hydrogen (secondary N) is 2. The number of nitrogens with zero attached hydrogens (tertiary/aromatic N) is 2. The van der Waals surface area contributed by atoms with Gasteiger partial charge in [0.1, 0.15) is 0 Å². The van der Waals surface area contributed by atoms with Crippen LogP contribution in [0.4, 0.5) is 5.82 Å². The molecule has 5 nitrogen and oxygen atoms in total. The molecule has 0 saturated carbocycles. The Bertz CT molecular complexity index is 259. The van der Waals surface area contributed by atoms with Crippen molar-refractivity contribution in [1.82, 2.24) is 14.1 Å². The first-order chi connectivity index (χ1) is 5.29. The third-order valence-corrected chi connectivity index (χ3v) is 1.70. The van der Waals surface area contributed by atoms with E-state index < -0.39 is 0 Å². The molecule has 0 fully saturated rings. The van der Waals surface area contributed by atoms with Crippen LogP contribution in [0, 0.1) is 0 Å². The molecule has 60 valence electrons. The summed E-state index contributed by atoms with van der Waals surface area (Å²) >= 11 is 1.01. The number of carbonyl (C=O) groups excluding carboxylic acids is 1. The molecule has 0 radical (unpaired) electrons. The van der Waals surface area contributed by atoms with Crippen molar-refractivity contribution in [2.75, 3.05) is 19.4 Å². The number of rotatable bonds is 2. The molecule has 0 saturated heterocycles. The SMILES string of the molecule is CNC(=O)c1nsnc1NC. The molecule has 6 heteroatoms. The van der Waals surface area contributed by atoms with Crippen molar-refractivity contribution >= 4 is 23.5 Å². The van der Waals surface area contributed by atoms with E-state index in [9.17, 15) is 4.79 Å². The minimum atomic E-state index is -0.219. The highest BCUT2D eigenvalue weighted by molar-refractivity contribution is 6.99. The fourth-order valence-corrected chi connectivity index (χ4v) is 1.17. The Morgan fingerprint density at radius 1 is 1.45 bits per heavy atom. The Balaban J connectivity index is 2.92. The number of carbonyl (C=O) groups is 1. The van der Waals surface area contributed by atoms with Gasteiger partial charge >= 0.3 is 0 Å². The Morgan fingerprint density at radius 3 is 2.73 bits per heavy atom. The fraction of sp³-hybridized carbons (Fsp3) is 0.400. The second-order valence-electron chi connectivity index (χ2n) is 1.79. The molecule has 0 bridgehead atoms. The summed E-state index contributed by atoms with van der Waals surface area (Å²) in [6, 6.07) is 0. The van der Waals surface area contributed by atoms with Crippen LogP contribution in [0.3, 0.4) is 0 Å². The molecule has 1 aromatic heterocycles. The first-order valence-corrected chi connectivity index (χ1v) is 3.75. The van der Waals surface area contributed by atoms with E-state index >= 15 is 0 Å². The molecule has 0 atom stereocenters. The van der Waals surface area contributed by atoms with Crippen molar-refractivity contribution in [1.29, 1.82) is 0 Å². The number of amides is 1. The summed E-state index contributed by atoms with van der Waals surface area (Å²) in [4.78, 5) is 11.0. The van der Waals surface area contributed by atoms with E-state index in [0.29, 0.717) is 11.5 Å². The predicted molar refractivity (Wildman–Crippen MR) is 42.8 cm³/mol. The van der Waals surface area contributed by atoms with Gasteiger partial charge in [-0.1, -0.05) is 0 Å². The lowest BCUT2D eigenvalue weighted by Crippen LogP contribution is -2.19. The van der Waals surface area contributed by atoms with Crippen LogP contribution in [0.5, 0.6) is 0 Å². The second-order valence-corrected chi connectivity index (χ2v) is 2.32. The zero-order valence-electron chi connectivity index (χ0n) is 6.21. The summed E-state index contributed by atoms with van der Waals surface area (Å²) in [5, 5.41) is 5.23. The van der Waals surface area contributed by atoms with Crippen LogP contribution in [0.15, 0.2) is 0 Å². The predicted octanol–water partition coefficient (Wildman–Crippen LogP) is -0.0606. The third-order valence-electron chi connectivity index (χ3n) is 1.17. The van der Waals surface area contributed by atoms with Crippen molar-refractivity contribution in [3.05, 3.63) is 5.69 Å². The molecule has 0 aliphatic heterocycles. The van der Waals surface area contributed by atoms with Crippen molar-refractivity contribution in [2.24, 2.45) is 0 Å². The standard InChI is InChI=1S/C5H8N4OS/c1-6-4-3(5(10)7-2)8-11-9-4/h1-2H3,(H,6,9)(H,7,10). The maximum absolute atomic E-state index is 11.0. The van der Waals surface area contributed by atoms with Crippen molar-refractivity contribution in [3.63, 3.8) is 0 Å². The highest BCUT2D eigenvalue weighted by atomic mass is 32.1. The minimum Gasteiger partial charge on any atom is -0.370 e. The lowest BCUT2D eigenvalue weighted by molar-refractivity contribution is 0.0960. The maximum Gasteiger partial charge on any atom is 0.274 e. The van der Waals surface area contributed by atoms with Crippen molar-refractivity contribution in [2.45, 2.75) is 0 Å². The van der Waals surface area contributed by atoms with Gasteiger partial charge in [0.2, 0.25) is 0 Å². The van der Waals surface area contributed by atoms with Gasteiger partial charge in [-0.15, -0.1) is 0 Å². The van der Waals surface area contributed by atoms with Gasteiger partial charge in [-0.05, 0) is 0 Å². The van der Waals surface area contributed by atoms with Crippen molar-refractivity contribution < 1.29 is 4.79 Å². The van der Waals surface area contributed by atoms with Gasteiger partial charge in [-0.3, -0.25) is 4.79 Å². The maximum atomic E-state index is 11.0. The number of anilines is 1. The first-order valence-electron chi connectivity index (χ1n) is 3.02. The van der Waals surface area contributed by atoms with Crippen molar-refractivity contribution in [3.8, 4) is 0 Å². The third kappa shape index (κ3) is 1.45. The Hall–Kier alpha value is -1.17. The smallest absolute Gasteiger partial charge is 0.274 e. The van der Waals surface area contributed by atoms with Gasteiger partial charge in [0.25, 0.3) is 5.91 Å². The molecule has 1 amide bonds. The molecule has 11 heavy (non-hydrogen) atoms. The number of aromatic nitrogens is 2. The molecule has 1 heterocycles. The highest BCUT2D eigenvalue weighted by Crippen LogP contribution is 2.09. The number of hydrogen-bond acceptors (Lipinski definition) is 5. The average Bonchev–Trinajstić information content (AvgIpc) is 2.50. The normalized spacial score (nSPS) is 9.27. The van der Waals surface area contributed by atoms with Crippen LogP contribution in [0.1, 0.15) is 10.5 Å². The largest absolute Gasteiger partial charge is 0.370 e. The van der Waals surface area contributed by atoms with E-state index in [0.717, 1.165) is 11.7 Å². The quantitative estimate of drug-likeness (QED) is 0.655. The van der Waals surface area contributed by atoms with Gasteiger partial charge in [-0.2, -0.15) is 8.75 Å². The van der Waals surface area contributed by atoms with E-state index in [1.165, 1.54) is 0 Å². The second kappa shape index (κ2) is 3.29. The molecule has 0 aromatic carbocycles. The van der Waals surface area contributed by atoms with Gasteiger partial charge in [0.05, 0.1) is 11.7 Å². The Labute approximate surface area is 68.1 Å². The average molecular weight is 172 g/mol. The first kappa shape index (κ1) is 7.93. The van der Waals surface area contributed by atoms with Gasteiger partial charge in [-0.25, -0.2) is 0 Å². The minimum absolute atomic E-state index is 0.219. The summed E-state index contributed by atoms with van der Waals surface area (Å²) in [6.45, 7) is 0. The topological polar surface area (TPSA) is 66.9 Å². The van der Waals surface area contributed by atoms with E-state index in [4.69, 9.17) is 0 Å². The van der Waals surface area contributed by atoms with Gasteiger partial charge in [0, 0.05) is 14.1 Å². The molecule has 2 N–H and O–H groups in total. The zero-order valence-corrected chi connectivity index (χ0v) is 7.03. The van der Waals surface area contributed by atoms with Gasteiger partial charge in [0.15, 0.2) is 11.5 Å². The molecule has 0 unspecified atom stereocenters. The molecule has 0 aliphatic rings. The van der Waals surface area contributed by atoms with Crippen LogP contribution in [-0.2, 0) is 0 Å². The zero-order chi connectivity index (χ0) is 8.27. The molecule has 0 aliphatic carbocycles. The molecule has 1 aromatic rings. The van der Waals surface area contributed by atoms with Crippen LogP contribution in [0.2, 0.25) is 0 Å². The molecule has 1 rings (SSSR count). The van der Waals surface area contributed by atoms with Crippen LogP contribution in [-0.4, -0.2) is 28.7 Å². The monoisotopic (exact) mass is 172 g/mol. The lowest BCUT2D eigenvalue weighted by atomic mass is 10.4. The molecular weight excluding hydrogens is 164 g/mol. The van der Waals surface area contributed by atoms with Crippen LogP contribution < -0.4 is 10.6 Å². The lowest BCUT2D eigenvalue weighted by Gasteiger charge is -1.96. The van der Waals surface area contributed by atoms with Gasteiger partial charge < -0.3 is 10.6 Å². The molecular formula is C5H8N4OS. The molecule has 0 spiro atoms.